The Morgan fingerprint density at radius 3 is 2.52 bits per heavy atom. The van der Waals surface area contributed by atoms with E-state index in [1.54, 1.807) is 15.9 Å². The summed E-state index contributed by atoms with van der Waals surface area (Å²) in [7, 11) is 0. The molecule has 0 aromatic carbocycles. The van der Waals surface area contributed by atoms with E-state index in [2.05, 4.69) is 4.98 Å². The van der Waals surface area contributed by atoms with Crippen molar-refractivity contribution in [1.29, 1.82) is 0 Å². The summed E-state index contributed by atoms with van der Waals surface area (Å²) in [5.41, 5.74) is -0.709. The largest absolute Gasteiger partial charge is 0.416 e. The number of nitrogens with zero attached hydrogens (tertiary/aromatic N) is 3. The Morgan fingerprint density at radius 2 is 1.91 bits per heavy atom. The van der Waals surface area contributed by atoms with E-state index in [1.807, 2.05) is 11.4 Å². The average Bonchev–Trinajstić information content (AvgIpc) is 3.08. The zero-order chi connectivity index (χ0) is 16.4. The molecule has 3 rings (SSSR count). The molecule has 8 heteroatoms. The molecule has 1 aliphatic rings. The number of carbonyl (C=O) groups is 1. The third kappa shape index (κ3) is 3.47. The number of rotatable bonds is 2. The second-order valence-corrected chi connectivity index (χ2v) is 6.10. The predicted molar refractivity (Wildman–Crippen MR) is 81.7 cm³/mol. The number of pyridine rings is 1. The van der Waals surface area contributed by atoms with Gasteiger partial charge in [-0.3, -0.25) is 4.79 Å². The second kappa shape index (κ2) is 6.19. The zero-order valence-corrected chi connectivity index (χ0v) is 12.9. The SMILES string of the molecule is O=C(c1cccs1)N1CCN(c2cc(C(F)(F)F)ccn2)CC1. The number of alkyl halides is 3. The molecule has 3 heterocycles. The highest BCUT2D eigenvalue weighted by molar-refractivity contribution is 7.12. The number of thiophene rings is 1. The van der Waals surface area contributed by atoms with Crippen molar-refractivity contribution < 1.29 is 18.0 Å². The average molecular weight is 341 g/mol. The van der Waals surface area contributed by atoms with Crippen molar-refractivity contribution in [3.05, 3.63) is 46.3 Å². The van der Waals surface area contributed by atoms with E-state index < -0.39 is 11.7 Å². The van der Waals surface area contributed by atoms with Crippen LogP contribution in [0.25, 0.3) is 0 Å². The molecule has 4 nitrogen and oxygen atoms in total. The van der Waals surface area contributed by atoms with E-state index in [4.69, 9.17) is 0 Å². The summed E-state index contributed by atoms with van der Waals surface area (Å²) in [5, 5.41) is 1.84. The number of hydrogen-bond acceptors (Lipinski definition) is 4. The standard InChI is InChI=1S/C15H14F3N3OS/c16-15(17,18)11-3-4-19-13(10-11)20-5-7-21(8-6-20)14(22)12-2-1-9-23-12/h1-4,9-10H,5-8H2. The molecule has 1 aliphatic heterocycles. The number of anilines is 1. The van der Waals surface area contributed by atoms with Crippen LogP contribution < -0.4 is 4.90 Å². The monoisotopic (exact) mass is 341 g/mol. The van der Waals surface area contributed by atoms with Gasteiger partial charge in [0.25, 0.3) is 5.91 Å². The van der Waals surface area contributed by atoms with Crippen LogP contribution in [0.15, 0.2) is 35.8 Å². The number of carbonyl (C=O) groups excluding carboxylic acids is 1. The summed E-state index contributed by atoms with van der Waals surface area (Å²) in [6, 6.07) is 5.60. The van der Waals surface area contributed by atoms with E-state index in [0.717, 1.165) is 12.1 Å². The summed E-state index contributed by atoms with van der Waals surface area (Å²) in [5.74, 6) is 0.264. The molecule has 122 valence electrons. The van der Waals surface area contributed by atoms with Crippen LogP contribution in [0, 0.1) is 0 Å². The van der Waals surface area contributed by atoms with E-state index in [1.165, 1.54) is 17.5 Å². The van der Waals surface area contributed by atoms with E-state index in [-0.39, 0.29) is 5.91 Å². The molecule has 1 saturated heterocycles. The first-order valence-corrected chi connectivity index (χ1v) is 7.94. The Morgan fingerprint density at radius 1 is 1.17 bits per heavy atom. The topological polar surface area (TPSA) is 36.4 Å². The van der Waals surface area contributed by atoms with Crippen LogP contribution in [0.2, 0.25) is 0 Å². The summed E-state index contributed by atoms with van der Waals surface area (Å²) in [6.45, 7) is 1.86. The maximum absolute atomic E-state index is 12.8. The van der Waals surface area contributed by atoms with Crippen molar-refractivity contribution in [2.75, 3.05) is 31.1 Å². The zero-order valence-electron chi connectivity index (χ0n) is 12.1. The van der Waals surface area contributed by atoms with Gasteiger partial charge in [-0.25, -0.2) is 4.98 Å². The number of halogens is 3. The number of amides is 1. The smallest absolute Gasteiger partial charge is 0.353 e. The summed E-state index contributed by atoms with van der Waals surface area (Å²) in [4.78, 5) is 20.4. The predicted octanol–water partition coefficient (Wildman–Crippen LogP) is 3.12. The molecule has 1 fully saturated rings. The van der Waals surface area contributed by atoms with Crippen LogP contribution in [-0.2, 0) is 6.18 Å². The first-order valence-electron chi connectivity index (χ1n) is 7.06. The number of piperazine rings is 1. The van der Waals surface area contributed by atoms with Crippen LogP contribution >= 0.6 is 11.3 Å². The van der Waals surface area contributed by atoms with E-state index in [9.17, 15) is 18.0 Å². The fraction of sp³-hybridized carbons (Fsp3) is 0.333. The highest BCUT2D eigenvalue weighted by atomic mass is 32.1. The first-order chi connectivity index (χ1) is 10.9. The van der Waals surface area contributed by atoms with Gasteiger partial charge in [0.05, 0.1) is 10.4 Å². The Labute approximate surface area is 135 Å². The molecule has 2 aromatic heterocycles. The van der Waals surface area contributed by atoms with Gasteiger partial charge in [-0.2, -0.15) is 13.2 Å². The van der Waals surface area contributed by atoms with Gasteiger partial charge < -0.3 is 9.80 Å². The van der Waals surface area contributed by atoms with Gasteiger partial charge in [-0.15, -0.1) is 11.3 Å². The van der Waals surface area contributed by atoms with E-state index >= 15 is 0 Å². The maximum atomic E-state index is 12.8. The van der Waals surface area contributed by atoms with Crippen LogP contribution in [0.5, 0.6) is 0 Å². The summed E-state index contributed by atoms with van der Waals surface area (Å²) in [6.07, 6.45) is -3.21. The normalized spacial score (nSPS) is 15.8. The van der Waals surface area contributed by atoms with Crippen molar-refractivity contribution in [2.24, 2.45) is 0 Å². The van der Waals surface area contributed by atoms with Gasteiger partial charge in [0.15, 0.2) is 0 Å². The molecular weight excluding hydrogens is 327 g/mol. The molecule has 0 radical (unpaired) electrons. The van der Waals surface area contributed by atoms with E-state index in [0.29, 0.717) is 36.9 Å². The Balaban J connectivity index is 1.66. The van der Waals surface area contributed by atoms with Gasteiger partial charge in [-0.1, -0.05) is 6.07 Å². The molecule has 0 N–H and O–H groups in total. The fourth-order valence-electron chi connectivity index (χ4n) is 2.46. The lowest BCUT2D eigenvalue weighted by molar-refractivity contribution is -0.137. The second-order valence-electron chi connectivity index (χ2n) is 5.16. The highest BCUT2D eigenvalue weighted by Crippen LogP contribution is 2.31. The van der Waals surface area contributed by atoms with Gasteiger partial charge in [0.1, 0.15) is 5.82 Å². The molecule has 1 amide bonds. The van der Waals surface area contributed by atoms with Crippen molar-refractivity contribution in [2.45, 2.75) is 6.18 Å². The van der Waals surface area contributed by atoms with Gasteiger partial charge in [0, 0.05) is 32.4 Å². The lowest BCUT2D eigenvalue weighted by atomic mass is 10.2. The number of aromatic nitrogens is 1. The Bertz CT molecular complexity index is 680. The minimum Gasteiger partial charge on any atom is -0.353 e. The van der Waals surface area contributed by atoms with Crippen LogP contribution in [0.3, 0.4) is 0 Å². The Hall–Kier alpha value is -2.09. The van der Waals surface area contributed by atoms with Gasteiger partial charge in [-0.05, 0) is 23.6 Å². The molecule has 23 heavy (non-hydrogen) atoms. The molecule has 0 saturated carbocycles. The molecule has 0 aliphatic carbocycles. The minimum absolute atomic E-state index is 0.0309. The number of hydrogen-bond donors (Lipinski definition) is 0. The quantitative estimate of drug-likeness (QED) is 0.842. The lowest BCUT2D eigenvalue weighted by Crippen LogP contribution is -2.48. The van der Waals surface area contributed by atoms with Crippen LogP contribution in [0.1, 0.15) is 15.2 Å². The summed E-state index contributed by atoms with van der Waals surface area (Å²) >= 11 is 1.38. The maximum Gasteiger partial charge on any atom is 0.416 e. The molecule has 0 bridgehead atoms. The fourth-order valence-corrected chi connectivity index (χ4v) is 3.15. The molecular formula is C15H14F3N3OS. The molecule has 0 unspecified atom stereocenters. The van der Waals surface area contributed by atoms with Crippen LogP contribution in [0.4, 0.5) is 19.0 Å². The van der Waals surface area contributed by atoms with Crippen LogP contribution in [-0.4, -0.2) is 42.0 Å². The van der Waals surface area contributed by atoms with Crippen molar-refractivity contribution in [3.8, 4) is 0 Å². The third-order valence-corrected chi connectivity index (χ3v) is 4.55. The lowest BCUT2D eigenvalue weighted by Gasteiger charge is -2.35. The van der Waals surface area contributed by atoms with Gasteiger partial charge in [0.2, 0.25) is 0 Å². The van der Waals surface area contributed by atoms with Crippen molar-refractivity contribution >= 4 is 23.1 Å². The van der Waals surface area contributed by atoms with Crippen molar-refractivity contribution in [3.63, 3.8) is 0 Å². The molecule has 0 spiro atoms. The summed E-state index contributed by atoms with van der Waals surface area (Å²) < 4.78 is 38.3. The highest BCUT2D eigenvalue weighted by Gasteiger charge is 2.31. The Kier molecular flexibility index (Phi) is 4.25. The molecule has 0 atom stereocenters. The minimum atomic E-state index is -4.38. The third-order valence-electron chi connectivity index (χ3n) is 3.70. The molecule has 2 aromatic rings. The first kappa shape index (κ1) is 15.8. The van der Waals surface area contributed by atoms with Crippen molar-refractivity contribution in [1.82, 2.24) is 9.88 Å². The van der Waals surface area contributed by atoms with Gasteiger partial charge >= 0.3 is 6.18 Å².